The molecule has 10 aromatic rings. The Morgan fingerprint density at radius 3 is 1.33 bits per heavy atom. The number of halogens is 6. The first-order valence-electron chi connectivity index (χ1n) is 20.4. The molecule has 0 aliphatic heterocycles. The molecule has 0 saturated carbocycles. The van der Waals surface area contributed by atoms with E-state index in [0.717, 1.165) is 39.6 Å². The number of nitrogens with zero attached hydrogens (tertiary/aromatic N) is 4. The van der Waals surface area contributed by atoms with Gasteiger partial charge in [0, 0.05) is 38.6 Å². The highest BCUT2D eigenvalue weighted by Crippen LogP contribution is 2.49. The molecule has 64 heavy (non-hydrogen) atoms. The van der Waals surface area contributed by atoms with Gasteiger partial charge in [-0.05, 0) is 71.6 Å². The van der Waals surface area contributed by atoms with Crippen LogP contribution in [0.15, 0.2) is 188 Å². The average molecular weight is 853 g/mol. The van der Waals surface area contributed by atoms with Crippen molar-refractivity contribution in [3.63, 3.8) is 0 Å². The van der Waals surface area contributed by atoms with E-state index in [1.807, 2.05) is 128 Å². The summed E-state index contributed by atoms with van der Waals surface area (Å²) in [5.41, 5.74) is 3.33. The van der Waals surface area contributed by atoms with Crippen molar-refractivity contribution < 1.29 is 26.3 Å². The number of fused-ring (bicyclic) bond motifs is 3. The van der Waals surface area contributed by atoms with Crippen LogP contribution < -0.4 is 0 Å². The first kappa shape index (κ1) is 40.2. The second kappa shape index (κ2) is 15.8. The molecule has 0 amide bonds. The molecule has 2 heterocycles. The van der Waals surface area contributed by atoms with Gasteiger partial charge in [-0.3, -0.25) is 0 Å². The van der Waals surface area contributed by atoms with E-state index in [1.54, 1.807) is 22.8 Å². The molecule has 0 aliphatic rings. The fourth-order valence-corrected chi connectivity index (χ4v) is 8.42. The molecule has 10 rings (SSSR count). The molecule has 0 N–H and O–H groups in total. The molecule has 8 aromatic carbocycles. The van der Waals surface area contributed by atoms with Gasteiger partial charge in [-0.15, -0.1) is 0 Å². The molecule has 0 unspecified atom stereocenters. The second-order valence-electron chi connectivity index (χ2n) is 15.5. The second-order valence-corrected chi connectivity index (χ2v) is 15.5. The van der Waals surface area contributed by atoms with Crippen molar-refractivity contribution >= 4 is 21.8 Å². The van der Waals surface area contributed by atoms with Gasteiger partial charge >= 0.3 is 12.4 Å². The molecule has 0 radical (unpaired) electrons. The molecule has 0 atom stereocenters. The van der Waals surface area contributed by atoms with Crippen molar-refractivity contribution in [2.24, 2.45) is 0 Å². The number of para-hydroxylation sites is 1. The normalized spacial score (nSPS) is 12.0. The third kappa shape index (κ3) is 7.36. The molecular weight excluding hydrogens is 819 g/mol. The minimum absolute atomic E-state index is 0.0191. The van der Waals surface area contributed by atoms with Crippen LogP contribution in [0.2, 0.25) is 0 Å². The number of aromatic nitrogens is 4. The average Bonchev–Trinajstić information content (AvgIpc) is 3.64. The molecule has 4 nitrogen and oxygen atoms in total. The van der Waals surface area contributed by atoms with Crippen molar-refractivity contribution in [3.8, 4) is 73.2 Å². The van der Waals surface area contributed by atoms with Crippen LogP contribution in [-0.2, 0) is 12.4 Å². The zero-order valence-corrected chi connectivity index (χ0v) is 34.0. The lowest BCUT2D eigenvalue weighted by atomic mass is 9.88. The van der Waals surface area contributed by atoms with Gasteiger partial charge in [0.1, 0.15) is 0 Å². The van der Waals surface area contributed by atoms with Gasteiger partial charge in [0.2, 0.25) is 0 Å². The lowest BCUT2D eigenvalue weighted by Crippen LogP contribution is -2.11. The Labute approximate surface area is 363 Å². The van der Waals surface area contributed by atoms with E-state index >= 15 is 26.3 Å². The molecule has 0 saturated heterocycles. The maximum absolute atomic E-state index is 15.3. The summed E-state index contributed by atoms with van der Waals surface area (Å²) in [5, 5.41) is 1.53. The van der Waals surface area contributed by atoms with Gasteiger partial charge in [-0.1, -0.05) is 151 Å². The number of aryl methyl sites for hydroxylation is 1. The first-order chi connectivity index (χ1) is 30.9. The van der Waals surface area contributed by atoms with Gasteiger partial charge in [0.25, 0.3) is 0 Å². The molecule has 10 heteroatoms. The Hall–Kier alpha value is -7.85. The van der Waals surface area contributed by atoms with Crippen LogP contribution in [0.1, 0.15) is 16.7 Å². The minimum Gasteiger partial charge on any atom is -0.308 e. The summed E-state index contributed by atoms with van der Waals surface area (Å²) >= 11 is 0. The Balaban J connectivity index is 1.37. The summed E-state index contributed by atoms with van der Waals surface area (Å²) in [7, 11) is 0. The van der Waals surface area contributed by atoms with Crippen LogP contribution >= 0.6 is 0 Å². The largest absolute Gasteiger partial charge is 0.417 e. The zero-order valence-electron chi connectivity index (χ0n) is 34.0. The molecule has 0 bridgehead atoms. The summed E-state index contributed by atoms with van der Waals surface area (Å²) in [5.74, 6) is 0.602. The third-order valence-electron chi connectivity index (χ3n) is 11.4. The standard InChI is InChI=1S/C54H34F6N4/c1-33-24-26-34(27-25-33)37-28-29-48-42(30-37)41-20-10-13-23-47(41)64(48)49-43(39-18-8-11-21-45(39)53(55,56)57)31-38(32-44(49)40-19-9-12-22-46(40)54(58,59)60)52-62-50(35-14-4-2-5-15-35)61-51(63-52)36-16-6-3-7-17-36/h2-32H,1H3. The molecule has 0 aliphatic carbocycles. The summed E-state index contributed by atoms with van der Waals surface area (Å²) in [6.45, 7) is 2.00. The fourth-order valence-electron chi connectivity index (χ4n) is 8.42. The molecule has 0 fully saturated rings. The maximum atomic E-state index is 15.3. The summed E-state index contributed by atoms with van der Waals surface area (Å²) in [4.78, 5) is 14.5. The van der Waals surface area contributed by atoms with Gasteiger partial charge in [0.15, 0.2) is 17.5 Å². The quantitative estimate of drug-likeness (QED) is 0.150. The lowest BCUT2D eigenvalue weighted by Gasteiger charge is -2.24. The number of benzene rings is 8. The van der Waals surface area contributed by atoms with E-state index in [0.29, 0.717) is 22.2 Å². The Kier molecular flexibility index (Phi) is 9.94. The van der Waals surface area contributed by atoms with Gasteiger partial charge in [0.05, 0.1) is 27.8 Å². The number of alkyl halides is 6. The number of rotatable bonds is 7. The fraction of sp³-hybridized carbons (Fsp3) is 0.0556. The monoisotopic (exact) mass is 852 g/mol. The number of hydrogen-bond acceptors (Lipinski definition) is 3. The Morgan fingerprint density at radius 1 is 0.359 bits per heavy atom. The van der Waals surface area contributed by atoms with Gasteiger partial charge in [-0.25, -0.2) is 15.0 Å². The van der Waals surface area contributed by atoms with Crippen LogP contribution in [-0.4, -0.2) is 19.5 Å². The van der Waals surface area contributed by atoms with Gasteiger partial charge in [-0.2, -0.15) is 26.3 Å². The maximum Gasteiger partial charge on any atom is 0.417 e. The Morgan fingerprint density at radius 2 is 0.797 bits per heavy atom. The van der Waals surface area contributed by atoms with E-state index in [4.69, 9.17) is 15.0 Å². The van der Waals surface area contributed by atoms with Crippen molar-refractivity contribution in [1.29, 1.82) is 0 Å². The van der Waals surface area contributed by atoms with E-state index in [9.17, 15) is 0 Å². The van der Waals surface area contributed by atoms with E-state index in [-0.39, 0.29) is 51.0 Å². The smallest absolute Gasteiger partial charge is 0.308 e. The summed E-state index contributed by atoms with van der Waals surface area (Å²) < 4.78 is 93.6. The van der Waals surface area contributed by atoms with Crippen LogP contribution in [0, 0.1) is 6.92 Å². The number of hydrogen-bond donors (Lipinski definition) is 0. The SMILES string of the molecule is Cc1ccc(-c2ccc3c(c2)c2ccccc2n3-c2c(-c3ccccc3C(F)(F)F)cc(-c3nc(-c4ccccc4)nc(-c4ccccc4)n3)cc2-c2ccccc2C(F)(F)F)cc1. The first-order valence-corrected chi connectivity index (χ1v) is 20.4. The highest BCUT2D eigenvalue weighted by Gasteiger charge is 2.37. The predicted octanol–water partition coefficient (Wildman–Crippen LogP) is 15.3. The summed E-state index contributed by atoms with van der Waals surface area (Å²) in [6.07, 6.45) is -9.68. The van der Waals surface area contributed by atoms with E-state index in [2.05, 4.69) is 0 Å². The highest BCUT2D eigenvalue weighted by atomic mass is 19.4. The lowest BCUT2D eigenvalue weighted by molar-refractivity contribution is -0.137. The van der Waals surface area contributed by atoms with E-state index < -0.39 is 23.5 Å². The van der Waals surface area contributed by atoms with Crippen LogP contribution in [0.5, 0.6) is 0 Å². The van der Waals surface area contributed by atoms with Crippen molar-refractivity contribution in [2.75, 3.05) is 0 Å². The zero-order chi connectivity index (χ0) is 44.2. The summed E-state index contributed by atoms with van der Waals surface area (Å²) in [6, 6.07) is 52.9. The minimum atomic E-state index is -4.84. The topological polar surface area (TPSA) is 43.6 Å². The Bertz CT molecular complexity index is 3220. The van der Waals surface area contributed by atoms with Crippen molar-refractivity contribution in [1.82, 2.24) is 19.5 Å². The van der Waals surface area contributed by atoms with Gasteiger partial charge < -0.3 is 4.57 Å². The predicted molar refractivity (Wildman–Crippen MR) is 242 cm³/mol. The van der Waals surface area contributed by atoms with E-state index in [1.165, 1.54) is 36.4 Å². The molecule has 0 spiro atoms. The third-order valence-corrected chi connectivity index (χ3v) is 11.4. The van der Waals surface area contributed by atoms with Crippen LogP contribution in [0.25, 0.3) is 95.0 Å². The molecule has 312 valence electrons. The van der Waals surface area contributed by atoms with Crippen LogP contribution in [0.4, 0.5) is 26.3 Å². The van der Waals surface area contributed by atoms with Crippen molar-refractivity contribution in [3.05, 3.63) is 205 Å². The highest BCUT2D eigenvalue weighted by molar-refractivity contribution is 6.12. The molecular formula is C54H34F6N4. The van der Waals surface area contributed by atoms with Crippen molar-refractivity contribution in [2.45, 2.75) is 19.3 Å². The molecule has 2 aromatic heterocycles. The van der Waals surface area contributed by atoms with Crippen LogP contribution in [0.3, 0.4) is 0 Å².